The Labute approximate surface area is 136 Å². The minimum atomic E-state index is -0.348. The number of nitrogens with one attached hydrogen (secondary N) is 1. The van der Waals surface area contributed by atoms with Crippen LogP contribution in [0.4, 0.5) is 4.79 Å². The number of amides is 2. The van der Waals surface area contributed by atoms with E-state index >= 15 is 0 Å². The zero-order valence-electron chi connectivity index (χ0n) is 13.7. The fourth-order valence-corrected chi connectivity index (χ4v) is 4.43. The van der Waals surface area contributed by atoms with Crippen LogP contribution in [0.1, 0.15) is 44.0 Å². The van der Waals surface area contributed by atoms with Gasteiger partial charge in [0.1, 0.15) is 5.82 Å². The quantitative estimate of drug-likeness (QED) is 0.872. The number of aromatic nitrogens is 2. The van der Waals surface area contributed by atoms with Crippen LogP contribution in [-0.4, -0.2) is 50.8 Å². The number of fused-ring (bicyclic) bond motifs is 1. The second-order valence-electron chi connectivity index (χ2n) is 7.49. The Balaban J connectivity index is 1.41. The summed E-state index contributed by atoms with van der Waals surface area (Å²) in [7, 11) is 0. The van der Waals surface area contributed by atoms with Crippen molar-refractivity contribution < 1.29 is 9.90 Å². The van der Waals surface area contributed by atoms with E-state index in [2.05, 4.69) is 14.9 Å². The van der Waals surface area contributed by atoms with Gasteiger partial charge in [-0.05, 0) is 50.9 Å². The first-order chi connectivity index (χ1) is 11.1. The minimum absolute atomic E-state index is 0.0911. The fraction of sp³-hybridized carbons (Fsp3) is 0.765. The predicted molar refractivity (Wildman–Crippen MR) is 86.0 cm³/mol. The maximum Gasteiger partial charge on any atom is 0.317 e. The van der Waals surface area contributed by atoms with Gasteiger partial charge in [0.2, 0.25) is 0 Å². The molecule has 6 heteroatoms. The standard InChI is InChI=1S/C17H26N4O2/c1-11-18-5-6-21(11)15-7-12-9-20(10-13(12)8-16(15)22)17(23)19-14-3-2-4-14/h5-6,12-16,22H,2-4,7-10H2,1H3,(H,19,23)/t12-,13+,15-,16-/m0/s1. The van der Waals surface area contributed by atoms with Crippen LogP contribution < -0.4 is 5.32 Å². The third-order valence-corrected chi connectivity index (χ3v) is 6.05. The third-order valence-electron chi connectivity index (χ3n) is 6.05. The first-order valence-electron chi connectivity index (χ1n) is 8.84. The summed E-state index contributed by atoms with van der Waals surface area (Å²) in [4.78, 5) is 18.6. The van der Waals surface area contributed by atoms with Crippen molar-refractivity contribution in [3.05, 3.63) is 18.2 Å². The Morgan fingerprint density at radius 2 is 2.04 bits per heavy atom. The van der Waals surface area contributed by atoms with E-state index in [1.165, 1.54) is 6.42 Å². The normalized spacial score (nSPS) is 34.1. The lowest BCUT2D eigenvalue weighted by Gasteiger charge is -2.36. The molecular weight excluding hydrogens is 292 g/mol. The summed E-state index contributed by atoms with van der Waals surface area (Å²) < 4.78 is 2.10. The molecule has 2 amide bonds. The van der Waals surface area contributed by atoms with Gasteiger partial charge < -0.3 is 19.9 Å². The molecule has 23 heavy (non-hydrogen) atoms. The van der Waals surface area contributed by atoms with Gasteiger partial charge in [0.15, 0.2) is 0 Å². The zero-order valence-corrected chi connectivity index (χ0v) is 13.7. The molecule has 0 bridgehead atoms. The molecule has 2 heterocycles. The van der Waals surface area contributed by atoms with Crippen LogP contribution in [0.25, 0.3) is 0 Å². The molecule has 1 aromatic rings. The number of rotatable bonds is 2. The number of aliphatic hydroxyl groups excluding tert-OH is 1. The lowest BCUT2D eigenvalue weighted by Crippen LogP contribution is -2.46. The average molecular weight is 318 g/mol. The Hall–Kier alpha value is -1.56. The van der Waals surface area contributed by atoms with Crippen molar-refractivity contribution in [3.63, 3.8) is 0 Å². The van der Waals surface area contributed by atoms with Crippen LogP contribution in [0.3, 0.4) is 0 Å². The van der Waals surface area contributed by atoms with E-state index in [1.807, 2.05) is 18.0 Å². The molecule has 2 N–H and O–H groups in total. The molecule has 126 valence electrons. The molecule has 1 aromatic heterocycles. The number of hydrogen-bond acceptors (Lipinski definition) is 3. The predicted octanol–water partition coefficient (Wildman–Crippen LogP) is 1.70. The topological polar surface area (TPSA) is 70.4 Å². The maximum absolute atomic E-state index is 12.4. The Morgan fingerprint density at radius 1 is 1.30 bits per heavy atom. The summed E-state index contributed by atoms with van der Waals surface area (Å²) in [6.45, 7) is 3.59. The van der Waals surface area contributed by atoms with Crippen LogP contribution in [0.2, 0.25) is 0 Å². The summed E-state index contributed by atoms with van der Waals surface area (Å²) in [6.07, 6.45) is 8.57. The number of carbonyl (C=O) groups excluding carboxylic acids is 1. The van der Waals surface area contributed by atoms with Crippen molar-refractivity contribution >= 4 is 6.03 Å². The highest BCUT2D eigenvalue weighted by Crippen LogP contribution is 2.41. The van der Waals surface area contributed by atoms with Crippen LogP contribution in [0.15, 0.2) is 12.4 Å². The first kappa shape index (κ1) is 15.0. The number of nitrogens with zero attached hydrogens (tertiary/aromatic N) is 3. The van der Waals surface area contributed by atoms with Gasteiger partial charge in [0, 0.05) is 31.5 Å². The number of urea groups is 1. The highest BCUT2D eigenvalue weighted by atomic mass is 16.3. The van der Waals surface area contributed by atoms with Gasteiger partial charge in [0.25, 0.3) is 0 Å². The summed E-state index contributed by atoms with van der Waals surface area (Å²) in [5.74, 6) is 1.86. The Kier molecular flexibility index (Phi) is 3.79. The van der Waals surface area contributed by atoms with Crippen LogP contribution in [0.5, 0.6) is 0 Å². The molecule has 0 radical (unpaired) electrons. The van der Waals surface area contributed by atoms with Crippen molar-refractivity contribution in [2.45, 2.75) is 57.2 Å². The van der Waals surface area contributed by atoms with E-state index in [4.69, 9.17) is 0 Å². The number of likely N-dealkylation sites (tertiary alicyclic amines) is 1. The number of imidazole rings is 1. The van der Waals surface area contributed by atoms with Gasteiger partial charge in [-0.15, -0.1) is 0 Å². The smallest absolute Gasteiger partial charge is 0.317 e. The number of carbonyl (C=O) groups is 1. The number of aryl methyl sites for hydroxylation is 1. The molecule has 6 nitrogen and oxygen atoms in total. The molecule has 0 spiro atoms. The van der Waals surface area contributed by atoms with Crippen molar-refractivity contribution in [2.24, 2.45) is 11.8 Å². The minimum Gasteiger partial charge on any atom is -0.391 e. The average Bonchev–Trinajstić information content (AvgIpc) is 3.07. The molecule has 2 aliphatic carbocycles. The molecule has 2 saturated carbocycles. The van der Waals surface area contributed by atoms with Gasteiger partial charge >= 0.3 is 6.03 Å². The lowest BCUT2D eigenvalue weighted by molar-refractivity contribution is 0.0349. The van der Waals surface area contributed by atoms with Crippen LogP contribution in [0, 0.1) is 18.8 Å². The van der Waals surface area contributed by atoms with E-state index in [-0.39, 0.29) is 18.2 Å². The highest BCUT2D eigenvalue weighted by molar-refractivity contribution is 5.75. The van der Waals surface area contributed by atoms with Crippen molar-refractivity contribution in [1.82, 2.24) is 19.8 Å². The van der Waals surface area contributed by atoms with Gasteiger partial charge in [0.05, 0.1) is 12.1 Å². The monoisotopic (exact) mass is 318 g/mol. The summed E-state index contributed by atoms with van der Waals surface area (Å²) in [5.41, 5.74) is 0. The Morgan fingerprint density at radius 3 is 2.65 bits per heavy atom. The molecule has 3 aliphatic rings. The Bertz CT molecular complexity index is 583. The number of aliphatic hydroxyl groups is 1. The zero-order chi connectivity index (χ0) is 16.0. The largest absolute Gasteiger partial charge is 0.391 e. The summed E-state index contributed by atoms with van der Waals surface area (Å²) in [6, 6.07) is 0.569. The SMILES string of the molecule is Cc1nccn1[C@H]1C[C@H]2CN(C(=O)NC3CCC3)C[C@H]2C[C@@H]1O. The lowest BCUT2D eigenvalue weighted by atomic mass is 9.77. The van der Waals surface area contributed by atoms with Crippen molar-refractivity contribution in [3.8, 4) is 0 Å². The maximum atomic E-state index is 12.4. The molecule has 1 aliphatic heterocycles. The fourth-order valence-electron chi connectivity index (χ4n) is 4.43. The van der Waals surface area contributed by atoms with Gasteiger partial charge in [-0.25, -0.2) is 9.78 Å². The molecule has 0 aromatic carbocycles. The van der Waals surface area contributed by atoms with Gasteiger partial charge in [-0.3, -0.25) is 0 Å². The molecule has 3 fully saturated rings. The molecule has 0 unspecified atom stereocenters. The molecule has 4 atom stereocenters. The number of hydrogen-bond donors (Lipinski definition) is 2. The van der Waals surface area contributed by atoms with Crippen molar-refractivity contribution in [2.75, 3.05) is 13.1 Å². The van der Waals surface area contributed by atoms with E-state index in [0.717, 1.165) is 44.6 Å². The summed E-state index contributed by atoms with van der Waals surface area (Å²) in [5, 5.41) is 13.7. The third kappa shape index (κ3) is 2.73. The van der Waals surface area contributed by atoms with Crippen LogP contribution >= 0.6 is 0 Å². The van der Waals surface area contributed by atoms with E-state index in [0.29, 0.717) is 17.9 Å². The van der Waals surface area contributed by atoms with Gasteiger partial charge in [-0.2, -0.15) is 0 Å². The highest BCUT2D eigenvalue weighted by Gasteiger charge is 2.44. The van der Waals surface area contributed by atoms with E-state index in [1.54, 1.807) is 6.20 Å². The van der Waals surface area contributed by atoms with Gasteiger partial charge in [-0.1, -0.05) is 0 Å². The molecule has 4 rings (SSSR count). The second kappa shape index (κ2) is 5.82. The summed E-state index contributed by atoms with van der Waals surface area (Å²) >= 11 is 0. The molecule has 1 saturated heterocycles. The van der Waals surface area contributed by atoms with E-state index in [9.17, 15) is 9.90 Å². The second-order valence-corrected chi connectivity index (χ2v) is 7.49. The molecular formula is C17H26N4O2. The first-order valence-corrected chi connectivity index (χ1v) is 8.84. The van der Waals surface area contributed by atoms with E-state index < -0.39 is 0 Å². The van der Waals surface area contributed by atoms with Crippen molar-refractivity contribution in [1.29, 1.82) is 0 Å². The van der Waals surface area contributed by atoms with Crippen LogP contribution in [-0.2, 0) is 0 Å².